The van der Waals surface area contributed by atoms with Crippen molar-refractivity contribution in [2.75, 3.05) is 7.11 Å². The highest BCUT2D eigenvalue weighted by atomic mass is 32.2. The van der Waals surface area contributed by atoms with Crippen molar-refractivity contribution in [3.8, 4) is 11.8 Å². The number of thioether (sulfide) groups is 1. The van der Waals surface area contributed by atoms with Crippen molar-refractivity contribution in [3.05, 3.63) is 59.0 Å². The fraction of sp³-hybridized carbons (Fsp3) is 0.0588. The van der Waals surface area contributed by atoms with Crippen LogP contribution in [0.3, 0.4) is 0 Å². The van der Waals surface area contributed by atoms with Crippen molar-refractivity contribution in [3.63, 3.8) is 0 Å². The molecule has 22 heavy (non-hydrogen) atoms. The van der Waals surface area contributed by atoms with E-state index in [0.717, 1.165) is 25.9 Å². The SMILES string of the molecule is COc1ccc(C=C(C#N)Sc2nc3ccccc3s2)cc1. The third kappa shape index (κ3) is 3.30. The second kappa shape index (κ2) is 6.65. The highest BCUT2D eigenvalue weighted by Crippen LogP contribution is 2.34. The van der Waals surface area contributed by atoms with Gasteiger partial charge in [0.1, 0.15) is 11.8 Å². The molecule has 0 unspecified atom stereocenters. The fourth-order valence-corrected chi connectivity index (χ4v) is 3.90. The maximum Gasteiger partial charge on any atom is 0.156 e. The quantitative estimate of drug-likeness (QED) is 0.502. The summed E-state index contributed by atoms with van der Waals surface area (Å²) in [5.41, 5.74) is 1.93. The van der Waals surface area contributed by atoms with E-state index in [1.807, 2.05) is 54.6 Å². The van der Waals surface area contributed by atoms with Gasteiger partial charge in [-0.3, -0.25) is 0 Å². The number of thiazole rings is 1. The smallest absolute Gasteiger partial charge is 0.156 e. The number of rotatable bonds is 4. The molecule has 0 atom stereocenters. The van der Waals surface area contributed by atoms with E-state index in [0.29, 0.717) is 4.91 Å². The molecule has 0 bridgehead atoms. The molecule has 0 aliphatic rings. The number of fused-ring (bicyclic) bond motifs is 1. The monoisotopic (exact) mass is 324 g/mol. The topological polar surface area (TPSA) is 45.9 Å². The Labute approximate surface area is 136 Å². The molecule has 1 heterocycles. The number of benzene rings is 2. The summed E-state index contributed by atoms with van der Waals surface area (Å²) in [6.45, 7) is 0. The number of nitrogens with zero attached hydrogens (tertiary/aromatic N) is 2. The molecule has 0 saturated heterocycles. The molecule has 1 aromatic heterocycles. The molecule has 3 rings (SSSR count). The van der Waals surface area contributed by atoms with E-state index in [9.17, 15) is 5.26 Å². The van der Waals surface area contributed by atoms with Crippen molar-refractivity contribution in [1.82, 2.24) is 4.98 Å². The van der Waals surface area contributed by atoms with Gasteiger partial charge in [0, 0.05) is 0 Å². The van der Waals surface area contributed by atoms with Crippen molar-refractivity contribution >= 4 is 39.4 Å². The predicted octanol–water partition coefficient (Wildman–Crippen LogP) is 4.96. The Morgan fingerprint density at radius 2 is 2.00 bits per heavy atom. The maximum absolute atomic E-state index is 9.34. The molecule has 0 amide bonds. The van der Waals surface area contributed by atoms with Crippen molar-refractivity contribution in [2.24, 2.45) is 0 Å². The van der Waals surface area contributed by atoms with Gasteiger partial charge in [0.25, 0.3) is 0 Å². The lowest BCUT2D eigenvalue weighted by molar-refractivity contribution is 0.415. The van der Waals surface area contributed by atoms with Crippen LogP contribution >= 0.6 is 23.1 Å². The normalized spacial score (nSPS) is 11.4. The zero-order valence-corrected chi connectivity index (χ0v) is 13.4. The van der Waals surface area contributed by atoms with Gasteiger partial charge >= 0.3 is 0 Å². The van der Waals surface area contributed by atoms with Gasteiger partial charge in [-0.1, -0.05) is 24.3 Å². The van der Waals surface area contributed by atoms with Crippen LogP contribution in [0, 0.1) is 11.3 Å². The molecule has 0 aliphatic carbocycles. The summed E-state index contributed by atoms with van der Waals surface area (Å²) >= 11 is 2.99. The van der Waals surface area contributed by atoms with Crippen LogP contribution in [0.2, 0.25) is 0 Å². The van der Waals surface area contributed by atoms with E-state index in [4.69, 9.17) is 4.74 Å². The summed E-state index contributed by atoms with van der Waals surface area (Å²) in [6, 6.07) is 17.8. The first-order valence-electron chi connectivity index (χ1n) is 6.58. The van der Waals surface area contributed by atoms with E-state index in [2.05, 4.69) is 11.1 Å². The molecule has 3 aromatic rings. The first kappa shape index (κ1) is 14.6. The summed E-state index contributed by atoms with van der Waals surface area (Å²) < 4.78 is 7.14. The first-order chi connectivity index (χ1) is 10.8. The first-order valence-corrected chi connectivity index (χ1v) is 8.21. The summed E-state index contributed by atoms with van der Waals surface area (Å²) in [5.74, 6) is 0.800. The summed E-state index contributed by atoms with van der Waals surface area (Å²) in [5, 5.41) is 9.34. The zero-order valence-electron chi connectivity index (χ0n) is 11.8. The molecular formula is C17H12N2OS2. The van der Waals surface area contributed by atoms with Crippen molar-refractivity contribution in [1.29, 1.82) is 5.26 Å². The molecule has 0 saturated carbocycles. The lowest BCUT2D eigenvalue weighted by Crippen LogP contribution is -1.82. The van der Waals surface area contributed by atoms with Crippen molar-refractivity contribution in [2.45, 2.75) is 4.34 Å². The van der Waals surface area contributed by atoms with Gasteiger partial charge in [-0.05, 0) is 47.7 Å². The molecule has 0 fully saturated rings. The van der Waals surface area contributed by atoms with Crippen LogP contribution < -0.4 is 4.74 Å². The van der Waals surface area contributed by atoms with Gasteiger partial charge in [0.05, 0.1) is 22.2 Å². The average Bonchev–Trinajstić information content (AvgIpc) is 2.97. The third-order valence-corrected chi connectivity index (χ3v) is 5.02. The molecule has 0 N–H and O–H groups in total. The summed E-state index contributed by atoms with van der Waals surface area (Å²) in [4.78, 5) is 5.15. The Kier molecular flexibility index (Phi) is 4.42. The lowest BCUT2D eigenvalue weighted by Gasteiger charge is -2.00. The standard InChI is InChI=1S/C17H12N2OS2/c1-20-13-8-6-12(7-9-13)10-14(11-18)21-17-19-15-4-2-3-5-16(15)22-17/h2-10H,1H3. The number of allylic oxidation sites excluding steroid dienone is 1. The Balaban J connectivity index is 1.84. The van der Waals surface area contributed by atoms with Gasteiger partial charge in [-0.15, -0.1) is 11.3 Å². The van der Waals surface area contributed by atoms with E-state index < -0.39 is 0 Å². The Morgan fingerprint density at radius 3 is 2.68 bits per heavy atom. The van der Waals surface area contributed by atoms with E-state index >= 15 is 0 Å². The molecule has 0 aliphatic heterocycles. The third-order valence-electron chi connectivity index (χ3n) is 3.00. The Hall–Kier alpha value is -2.29. The largest absolute Gasteiger partial charge is 0.497 e. The molecule has 5 heteroatoms. The number of para-hydroxylation sites is 1. The van der Waals surface area contributed by atoms with Crippen LogP contribution in [-0.4, -0.2) is 12.1 Å². The fourth-order valence-electron chi connectivity index (χ4n) is 1.92. The zero-order chi connectivity index (χ0) is 15.4. The highest BCUT2D eigenvalue weighted by Gasteiger charge is 2.07. The number of hydrogen-bond donors (Lipinski definition) is 0. The molecule has 0 radical (unpaired) electrons. The molecule has 3 nitrogen and oxygen atoms in total. The van der Waals surface area contributed by atoms with Crippen LogP contribution in [0.25, 0.3) is 16.3 Å². The number of nitriles is 1. The minimum absolute atomic E-state index is 0.615. The average molecular weight is 324 g/mol. The predicted molar refractivity (Wildman–Crippen MR) is 92.1 cm³/mol. The van der Waals surface area contributed by atoms with Gasteiger partial charge in [0.2, 0.25) is 0 Å². The Bertz CT molecular complexity index is 827. The van der Waals surface area contributed by atoms with Gasteiger partial charge in [0.15, 0.2) is 4.34 Å². The van der Waals surface area contributed by atoms with Crippen LogP contribution in [-0.2, 0) is 0 Å². The van der Waals surface area contributed by atoms with E-state index in [1.165, 1.54) is 11.8 Å². The van der Waals surface area contributed by atoms with Gasteiger partial charge in [-0.2, -0.15) is 5.26 Å². The summed E-state index contributed by atoms with van der Waals surface area (Å²) in [6.07, 6.45) is 1.86. The van der Waals surface area contributed by atoms with Gasteiger partial charge < -0.3 is 4.74 Å². The van der Waals surface area contributed by atoms with E-state index in [1.54, 1.807) is 18.4 Å². The number of methoxy groups -OCH3 is 1. The van der Waals surface area contributed by atoms with Crippen LogP contribution in [0.15, 0.2) is 57.8 Å². The van der Waals surface area contributed by atoms with Gasteiger partial charge in [-0.25, -0.2) is 4.98 Å². The van der Waals surface area contributed by atoms with Crippen LogP contribution in [0.1, 0.15) is 5.56 Å². The van der Waals surface area contributed by atoms with E-state index in [-0.39, 0.29) is 0 Å². The Morgan fingerprint density at radius 1 is 1.23 bits per heavy atom. The summed E-state index contributed by atoms with van der Waals surface area (Å²) in [7, 11) is 1.63. The maximum atomic E-state index is 9.34. The second-order valence-electron chi connectivity index (χ2n) is 4.44. The minimum Gasteiger partial charge on any atom is -0.497 e. The number of aromatic nitrogens is 1. The molecular weight excluding hydrogens is 312 g/mol. The van der Waals surface area contributed by atoms with Crippen LogP contribution in [0.4, 0.5) is 0 Å². The van der Waals surface area contributed by atoms with Crippen LogP contribution in [0.5, 0.6) is 5.75 Å². The molecule has 2 aromatic carbocycles. The number of ether oxygens (including phenoxy) is 1. The second-order valence-corrected chi connectivity index (χ2v) is 6.76. The highest BCUT2D eigenvalue weighted by molar-refractivity contribution is 8.05. The van der Waals surface area contributed by atoms with Crippen molar-refractivity contribution < 1.29 is 4.74 Å². The number of hydrogen-bond acceptors (Lipinski definition) is 5. The lowest BCUT2D eigenvalue weighted by atomic mass is 10.2. The minimum atomic E-state index is 0.615. The molecule has 108 valence electrons. The molecule has 0 spiro atoms.